The Kier molecular flexibility index (Phi) is 31.4. The second-order valence-corrected chi connectivity index (χ2v) is 25.3. The van der Waals surface area contributed by atoms with Gasteiger partial charge < -0.3 is 60.7 Å². The van der Waals surface area contributed by atoms with Crippen molar-refractivity contribution in [2.45, 2.75) is 222 Å². The zero-order valence-corrected chi connectivity index (χ0v) is 55.2. The third-order valence-electron chi connectivity index (χ3n) is 15.9. The van der Waals surface area contributed by atoms with E-state index in [1.807, 2.05) is 48.5 Å². The Balaban J connectivity index is 4.28. The molecule has 23 nitrogen and oxygen atoms in total. The molecule has 0 aromatic rings. The maximum absolute atomic E-state index is 15.1. The largest absolute Gasteiger partial charge is 0.390 e. The van der Waals surface area contributed by atoms with E-state index in [9.17, 15) is 53.1 Å². The number of allylic oxidation sites excluding steroid dienone is 2. The summed E-state index contributed by atoms with van der Waals surface area (Å²) >= 11 is 0. The number of hydrogen-bond donors (Lipinski definition) is 5. The van der Waals surface area contributed by atoms with Crippen molar-refractivity contribution in [3.8, 4) is 0 Å². The molecule has 1 fully saturated rings. The minimum atomic E-state index is -1.61. The average Bonchev–Trinajstić information content (AvgIpc) is 3.43. The zero-order valence-electron chi connectivity index (χ0n) is 55.2. The average molecular weight is 1190 g/mol. The van der Waals surface area contributed by atoms with Gasteiger partial charge in [0.25, 0.3) is 0 Å². The van der Waals surface area contributed by atoms with Crippen LogP contribution >= 0.6 is 0 Å². The Hall–Kier alpha value is -6.13. The van der Waals surface area contributed by atoms with Gasteiger partial charge in [0.05, 0.1) is 12.6 Å². The summed E-state index contributed by atoms with van der Waals surface area (Å²) in [6.07, 6.45) is 3.50. The Morgan fingerprint density at radius 3 is 1.42 bits per heavy atom. The number of nitrogens with zero attached hydrogens (tertiary/aromatic N) is 7. The maximum Gasteiger partial charge on any atom is 0.246 e. The number of likely N-dealkylation sites (N-methyl/N-ethyl adjacent to an activating group) is 7. The molecule has 84 heavy (non-hydrogen) atoms. The number of aliphatic hydroxyl groups excluding tert-OH is 1. The summed E-state index contributed by atoms with van der Waals surface area (Å²) in [5, 5.41) is 23.0. The van der Waals surface area contributed by atoms with Gasteiger partial charge in [-0.3, -0.25) is 52.7 Å². The third-order valence-corrected chi connectivity index (χ3v) is 15.9. The van der Waals surface area contributed by atoms with Crippen LogP contribution in [0.15, 0.2) is 12.2 Å². The second-order valence-electron chi connectivity index (χ2n) is 25.3. The lowest BCUT2D eigenvalue weighted by Crippen LogP contribution is -2.63. The summed E-state index contributed by atoms with van der Waals surface area (Å²) in [4.78, 5) is 168. The number of hydrogen-bond acceptors (Lipinski definition) is 12. The fraction of sp³-hybridized carbons (Fsp3) is 0.787. The van der Waals surface area contributed by atoms with Gasteiger partial charge in [0.15, 0.2) is 0 Å². The molecule has 1 aliphatic rings. The van der Waals surface area contributed by atoms with E-state index in [2.05, 4.69) is 21.3 Å². The van der Waals surface area contributed by atoms with Crippen LogP contribution in [0.4, 0.5) is 0 Å². The Bertz CT molecular complexity index is 2290. The quantitative estimate of drug-likeness (QED) is 0.148. The Labute approximate surface area is 502 Å². The molecule has 0 bridgehead atoms. The lowest BCUT2D eigenvalue weighted by molar-refractivity contribution is -0.157. The molecular weight excluding hydrogens is 1080 g/mol. The van der Waals surface area contributed by atoms with Crippen LogP contribution < -0.4 is 21.3 Å². The van der Waals surface area contributed by atoms with Crippen molar-refractivity contribution in [1.29, 1.82) is 0 Å². The highest BCUT2D eigenvalue weighted by molar-refractivity contribution is 5.99. The highest BCUT2D eigenvalue weighted by Gasteiger charge is 2.45. The number of rotatable bonds is 15. The molecule has 0 saturated carbocycles. The Morgan fingerprint density at radius 2 is 0.940 bits per heavy atom. The maximum atomic E-state index is 15.1. The van der Waals surface area contributed by atoms with Crippen LogP contribution in [-0.2, 0) is 52.7 Å². The molecule has 1 saturated heterocycles. The van der Waals surface area contributed by atoms with Gasteiger partial charge in [-0.15, -0.1) is 0 Å². The molecule has 23 heteroatoms. The standard InChI is InChI=1S/C61H109N11O12/c1-24-27-29-39(14)51(74)50-55(78)64-42(26-3)57(80)66(17)33-47(73)67(18)44(30-34(4)5)54(77)65-48(37(10)11)60(83)69(20)45(31-35(6)7)53(76)62-40(15)52(75)63-41(16)56(79)70(21)46(32-36(8)9)59(82)68(19)43(28-25-2)58(81)71(22)49(38(12)13)61(84)72(50)23/h24,27,34-46,48-51,74H,25-26,28-33H2,1-23H3,(H,62,76)(H,63,75)(H,64,78)(H,65,77). The van der Waals surface area contributed by atoms with Crippen molar-refractivity contribution in [2.75, 3.05) is 55.9 Å². The topological polar surface area (TPSA) is 279 Å². The monoisotopic (exact) mass is 1190 g/mol. The minimum absolute atomic E-state index is 0.0244. The lowest BCUT2D eigenvalue weighted by Gasteiger charge is -2.41. The van der Waals surface area contributed by atoms with Gasteiger partial charge in [-0.2, -0.15) is 0 Å². The number of nitrogens with one attached hydrogen (secondary N) is 4. The van der Waals surface area contributed by atoms with Gasteiger partial charge in [0, 0.05) is 49.3 Å². The smallest absolute Gasteiger partial charge is 0.246 e. The molecule has 11 amide bonds. The fourth-order valence-corrected chi connectivity index (χ4v) is 10.6. The van der Waals surface area contributed by atoms with E-state index in [0.29, 0.717) is 12.8 Å². The van der Waals surface area contributed by atoms with Crippen molar-refractivity contribution in [1.82, 2.24) is 55.6 Å². The van der Waals surface area contributed by atoms with Gasteiger partial charge in [-0.25, -0.2) is 0 Å². The van der Waals surface area contributed by atoms with E-state index in [1.165, 1.54) is 87.7 Å². The van der Waals surface area contributed by atoms with E-state index >= 15 is 4.79 Å². The number of amides is 11. The SMILES string of the molecule is CC=CCC(C)C(O)C1C(=O)NC(CC)C(=O)N(C)CC(=O)N(C)C(CC(C)C)C(=O)NC(C(C)C)C(=O)N(C)C(CC(C)C)C(=O)NC(C)C(=O)NC(C)C(=O)N(C)C(CC(C)C)C(=O)N(C)C(CCC)C(=O)N(C)C(C(C)C)C(=O)N1C. The summed E-state index contributed by atoms with van der Waals surface area (Å²) in [6, 6.07) is -12.3. The van der Waals surface area contributed by atoms with E-state index in [1.54, 1.807) is 60.6 Å². The Morgan fingerprint density at radius 1 is 0.488 bits per heavy atom. The van der Waals surface area contributed by atoms with Crippen LogP contribution in [0.1, 0.15) is 156 Å². The van der Waals surface area contributed by atoms with Crippen LogP contribution in [0.25, 0.3) is 0 Å². The highest BCUT2D eigenvalue weighted by atomic mass is 16.3. The van der Waals surface area contributed by atoms with Gasteiger partial charge in [0.2, 0.25) is 65.0 Å². The van der Waals surface area contributed by atoms with Gasteiger partial charge in [0.1, 0.15) is 60.4 Å². The molecule has 0 aromatic carbocycles. The van der Waals surface area contributed by atoms with Crippen LogP contribution in [0.2, 0.25) is 0 Å². The van der Waals surface area contributed by atoms with Gasteiger partial charge >= 0.3 is 0 Å². The van der Waals surface area contributed by atoms with E-state index in [0.717, 1.165) is 9.80 Å². The summed E-state index contributed by atoms with van der Waals surface area (Å²) in [5.74, 6) is -9.51. The predicted molar refractivity (Wildman–Crippen MR) is 324 cm³/mol. The molecule has 480 valence electrons. The van der Waals surface area contributed by atoms with Crippen molar-refractivity contribution in [2.24, 2.45) is 35.5 Å². The summed E-state index contributed by atoms with van der Waals surface area (Å²) in [6.45, 7) is 27.4. The number of carbonyl (C=O) groups excluding carboxylic acids is 11. The zero-order chi connectivity index (χ0) is 65.1. The molecule has 1 aliphatic heterocycles. The van der Waals surface area contributed by atoms with Crippen LogP contribution in [0.5, 0.6) is 0 Å². The van der Waals surface area contributed by atoms with E-state index in [-0.39, 0.29) is 49.9 Å². The van der Waals surface area contributed by atoms with E-state index in [4.69, 9.17) is 0 Å². The van der Waals surface area contributed by atoms with Crippen LogP contribution in [0, 0.1) is 35.5 Å². The normalized spacial score (nSPS) is 27.0. The van der Waals surface area contributed by atoms with Gasteiger partial charge in [-0.05, 0) is 94.8 Å². The van der Waals surface area contributed by atoms with Crippen molar-refractivity contribution in [3.63, 3.8) is 0 Å². The fourth-order valence-electron chi connectivity index (χ4n) is 10.6. The molecule has 12 unspecified atom stereocenters. The molecule has 0 aliphatic carbocycles. The lowest BCUT2D eigenvalue weighted by atomic mass is 9.91. The van der Waals surface area contributed by atoms with Crippen LogP contribution in [0.3, 0.4) is 0 Å². The summed E-state index contributed by atoms with van der Waals surface area (Å²) < 4.78 is 0. The molecule has 0 aromatic heterocycles. The first kappa shape index (κ1) is 75.9. The molecule has 1 rings (SSSR count). The highest BCUT2D eigenvalue weighted by Crippen LogP contribution is 2.25. The first-order chi connectivity index (χ1) is 38.9. The first-order valence-corrected chi connectivity index (χ1v) is 30.2. The first-order valence-electron chi connectivity index (χ1n) is 30.2. The number of aliphatic hydroxyl groups is 1. The summed E-state index contributed by atoms with van der Waals surface area (Å²) in [7, 11) is 9.90. The minimum Gasteiger partial charge on any atom is -0.390 e. The van der Waals surface area contributed by atoms with Crippen molar-refractivity contribution < 1.29 is 57.8 Å². The molecular formula is C61H109N11O12. The predicted octanol–water partition coefficient (Wildman–Crippen LogP) is 3.02. The number of carbonyl (C=O) groups is 11. The molecule has 0 radical (unpaired) electrons. The second kappa shape index (κ2) is 34.7. The van der Waals surface area contributed by atoms with Crippen LogP contribution in [-0.4, -0.2) is 227 Å². The molecule has 5 N–H and O–H groups in total. The molecule has 0 spiro atoms. The van der Waals surface area contributed by atoms with Crippen molar-refractivity contribution >= 4 is 65.0 Å². The summed E-state index contributed by atoms with van der Waals surface area (Å²) in [5.41, 5.74) is 0. The molecule has 1 heterocycles. The van der Waals surface area contributed by atoms with E-state index < -0.39 is 156 Å². The third kappa shape index (κ3) is 20.8. The molecule has 12 atom stereocenters. The van der Waals surface area contributed by atoms with Gasteiger partial charge in [-0.1, -0.05) is 109 Å². The van der Waals surface area contributed by atoms with Crippen molar-refractivity contribution in [3.05, 3.63) is 12.2 Å².